The van der Waals surface area contributed by atoms with Gasteiger partial charge in [-0.25, -0.2) is 4.79 Å². The van der Waals surface area contributed by atoms with Gasteiger partial charge in [-0.2, -0.15) is 19.3 Å². The van der Waals surface area contributed by atoms with Crippen LogP contribution in [0.5, 0.6) is 5.75 Å². The zero-order valence-corrected chi connectivity index (χ0v) is 22.2. The van der Waals surface area contributed by atoms with Crippen molar-refractivity contribution in [3.63, 3.8) is 0 Å². The highest BCUT2D eigenvalue weighted by atomic mass is 32.2. The summed E-state index contributed by atoms with van der Waals surface area (Å²) < 4.78 is 46.5. The Bertz CT molecular complexity index is 1360. The van der Waals surface area contributed by atoms with Gasteiger partial charge in [0.2, 0.25) is 0 Å². The zero-order valence-electron chi connectivity index (χ0n) is 20.4. The molecule has 37 heavy (non-hydrogen) atoms. The first-order valence-corrected chi connectivity index (χ1v) is 15.0. The van der Waals surface area contributed by atoms with Crippen LogP contribution >= 0.6 is 10.9 Å². The van der Waals surface area contributed by atoms with Crippen LogP contribution in [0.25, 0.3) is 0 Å². The molecule has 3 aromatic rings. The number of fused-ring (bicyclic) bond motifs is 1. The Morgan fingerprint density at radius 1 is 0.919 bits per heavy atom. The van der Waals surface area contributed by atoms with E-state index in [4.69, 9.17) is 18.4 Å². The molecule has 0 aromatic heterocycles. The first kappa shape index (κ1) is 24.5. The highest BCUT2D eigenvalue weighted by Gasteiger charge is 2.67. The molecule has 0 saturated carbocycles. The number of thiol groups is 1. The number of ether oxygens (including phenoxy) is 3. The Kier molecular flexibility index (Phi) is 6.27. The van der Waals surface area contributed by atoms with E-state index >= 15 is 0 Å². The maximum atomic E-state index is 12.6. The largest absolute Gasteiger partial charge is 0.481 e. The zero-order chi connectivity index (χ0) is 25.7. The van der Waals surface area contributed by atoms with Gasteiger partial charge in [0, 0.05) is 0 Å². The minimum atomic E-state index is -3.66. The molecule has 3 fully saturated rings. The molecule has 3 aromatic carbocycles. The SMILES string of the molecule is Cc1cc([SH](c2ccccc2)c2ccccc2)cc(C)c1OCC(=O)OC1C2CC3C(O2)C1OS3(=O)=O. The smallest absolute Gasteiger partial charge is 0.344 e. The lowest BCUT2D eigenvalue weighted by atomic mass is 9.94. The summed E-state index contributed by atoms with van der Waals surface area (Å²) in [6.07, 6.45) is -2.24. The lowest BCUT2D eigenvalue weighted by Crippen LogP contribution is -2.42. The van der Waals surface area contributed by atoms with Gasteiger partial charge < -0.3 is 14.2 Å². The first-order valence-electron chi connectivity index (χ1n) is 12.2. The fourth-order valence-electron chi connectivity index (χ4n) is 5.57. The average Bonchev–Trinajstić information content (AvgIpc) is 3.50. The van der Waals surface area contributed by atoms with E-state index in [1.807, 2.05) is 26.0 Å². The maximum absolute atomic E-state index is 12.6. The number of carbonyl (C=O) groups is 1. The van der Waals surface area contributed by atoms with Crippen LogP contribution in [0.3, 0.4) is 0 Å². The highest BCUT2D eigenvalue weighted by molar-refractivity contribution is 8.17. The quantitative estimate of drug-likeness (QED) is 0.271. The molecule has 0 N–H and O–H groups in total. The Labute approximate surface area is 219 Å². The van der Waals surface area contributed by atoms with Gasteiger partial charge in [-0.1, -0.05) is 36.4 Å². The summed E-state index contributed by atoms with van der Waals surface area (Å²) in [6, 6.07) is 25.2. The maximum Gasteiger partial charge on any atom is 0.344 e. The van der Waals surface area contributed by atoms with Crippen LogP contribution in [0.1, 0.15) is 17.5 Å². The predicted octanol–water partition coefficient (Wildman–Crippen LogP) is 4.34. The van der Waals surface area contributed by atoms with Gasteiger partial charge in [0.15, 0.2) is 12.7 Å². The Morgan fingerprint density at radius 2 is 1.51 bits per heavy atom. The minimum absolute atomic E-state index is 0.286. The molecule has 2 bridgehead atoms. The molecule has 9 heteroatoms. The third kappa shape index (κ3) is 4.44. The van der Waals surface area contributed by atoms with Crippen molar-refractivity contribution in [3.05, 3.63) is 83.9 Å². The lowest BCUT2D eigenvalue weighted by Gasteiger charge is -2.25. The molecule has 6 rings (SSSR count). The molecule has 7 nitrogen and oxygen atoms in total. The molecule has 3 heterocycles. The first-order chi connectivity index (χ1) is 17.8. The van der Waals surface area contributed by atoms with Crippen molar-refractivity contribution >= 4 is 27.0 Å². The number of hydrogen-bond acceptors (Lipinski definition) is 7. The standard InChI is InChI=1S/C28H28O7S2/c1-17-13-21(36(19-9-5-3-6-10-19)20-11-7-4-8-12-20)14-18(2)25(17)32-16-24(29)34-26-22-15-23-27(33-22)28(26)35-37(23,30)31/h3-14,22-23,26-28,36H,15-16H2,1-2H3. The van der Waals surface area contributed by atoms with Gasteiger partial charge in [-0.15, -0.1) is 0 Å². The fourth-order valence-corrected chi connectivity index (χ4v) is 9.70. The molecule has 0 amide bonds. The molecular formula is C28H28O7S2. The third-order valence-corrected chi connectivity index (χ3v) is 11.2. The Balaban J connectivity index is 1.18. The number of hydrogen-bond donors (Lipinski definition) is 1. The second kappa shape index (κ2) is 9.47. The van der Waals surface area contributed by atoms with E-state index in [0.29, 0.717) is 5.75 Å². The molecule has 5 atom stereocenters. The molecular weight excluding hydrogens is 512 g/mol. The second-order valence-electron chi connectivity index (χ2n) is 9.63. The van der Waals surface area contributed by atoms with E-state index in [0.717, 1.165) is 11.1 Å². The summed E-state index contributed by atoms with van der Waals surface area (Å²) in [5.41, 5.74) is 1.86. The van der Waals surface area contributed by atoms with Gasteiger partial charge in [-0.3, -0.25) is 4.18 Å². The van der Waals surface area contributed by atoms with E-state index in [-0.39, 0.29) is 13.0 Å². The van der Waals surface area contributed by atoms with Crippen molar-refractivity contribution in [2.75, 3.05) is 6.61 Å². The van der Waals surface area contributed by atoms with Gasteiger partial charge in [0.25, 0.3) is 10.1 Å². The van der Waals surface area contributed by atoms with E-state index in [2.05, 4.69) is 60.7 Å². The van der Waals surface area contributed by atoms with Crippen LogP contribution in [-0.4, -0.2) is 50.7 Å². The van der Waals surface area contributed by atoms with Crippen LogP contribution in [0.15, 0.2) is 87.5 Å². The summed E-state index contributed by atoms with van der Waals surface area (Å²) in [5, 5.41) is -0.658. The monoisotopic (exact) mass is 540 g/mol. The number of esters is 1. The van der Waals surface area contributed by atoms with E-state index < -0.39 is 56.6 Å². The van der Waals surface area contributed by atoms with Crippen molar-refractivity contribution in [2.24, 2.45) is 0 Å². The summed E-state index contributed by atoms with van der Waals surface area (Å²) in [5.74, 6) is 0.0602. The fraction of sp³-hybridized carbons (Fsp3) is 0.321. The van der Waals surface area contributed by atoms with Crippen LogP contribution in [0.2, 0.25) is 0 Å². The third-order valence-electron chi connectivity index (χ3n) is 7.13. The minimum Gasteiger partial charge on any atom is -0.481 e. The summed E-state index contributed by atoms with van der Waals surface area (Å²) in [7, 11) is -4.42. The van der Waals surface area contributed by atoms with E-state index in [1.54, 1.807) is 0 Å². The van der Waals surface area contributed by atoms with Crippen molar-refractivity contribution in [1.29, 1.82) is 0 Å². The van der Waals surface area contributed by atoms with Gasteiger partial charge in [0.05, 0.1) is 6.10 Å². The van der Waals surface area contributed by atoms with Gasteiger partial charge >= 0.3 is 5.97 Å². The summed E-state index contributed by atoms with van der Waals surface area (Å²) in [4.78, 5) is 16.4. The molecule has 3 aliphatic heterocycles. The number of rotatable bonds is 7. The number of benzene rings is 3. The molecule has 3 saturated heterocycles. The molecule has 3 aliphatic rings. The summed E-state index contributed by atoms with van der Waals surface area (Å²) >= 11 is 0. The topological polar surface area (TPSA) is 88.1 Å². The van der Waals surface area contributed by atoms with Crippen molar-refractivity contribution in [3.8, 4) is 5.75 Å². The molecule has 0 spiro atoms. The molecule has 0 aliphatic carbocycles. The van der Waals surface area contributed by atoms with Gasteiger partial charge in [0.1, 0.15) is 23.2 Å². The van der Waals surface area contributed by atoms with Crippen LogP contribution in [0, 0.1) is 13.8 Å². The molecule has 5 unspecified atom stereocenters. The lowest BCUT2D eigenvalue weighted by molar-refractivity contribution is -0.157. The van der Waals surface area contributed by atoms with E-state index in [1.165, 1.54) is 14.7 Å². The van der Waals surface area contributed by atoms with E-state index in [9.17, 15) is 13.2 Å². The summed E-state index contributed by atoms with van der Waals surface area (Å²) in [6.45, 7) is 3.66. The average molecular weight is 541 g/mol. The predicted molar refractivity (Wildman–Crippen MR) is 139 cm³/mol. The van der Waals surface area contributed by atoms with Crippen LogP contribution in [0.4, 0.5) is 0 Å². The van der Waals surface area contributed by atoms with Crippen molar-refractivity contribution in [2.45, 2.75) is 64.6 Å². The Hall–Kier alpha value is -2.85. The van der Waals surface area contributed by atoms with Crippen LogP contribution < -0.4 is 4.74 Å². The Morgan fingerprint density at radius 3 is 2.11 bits per heavy atom. The second-order valence-corrected chi connectivity index (χ2v) is 13.6. The van der Waals surface area contributed by atoms with Crippen LogP contribution in [-0.2, 0) is 28.6 Å². The normalized spacial score (nSPS) is 27.2. The number of aryl methyl sites for hydroxylation is 2. The van der Waals surface area contributed by atoms with Crippen molar-refractivity contribution < 1.29 is 31.6 Å². The highest BCUT2D eigenvalue weighted by Crippen LogP contribution is 2.52. The molecule has 194 valence electrons. The molecule has 0 radical (unpaired) electrons. The van der Waals surface area contributed by atoms with Crippen molar-refractivity contribution in [1.82, 2.24) is 0 Å². The van der Waals surface area contributed by atoms with Gasteiger partial charge in [-0.05, 0) is 82.5 Å². The number of carbonyl (C=O) groups excluding carboxylic acids is 1.